The summed E-state index contributed by atoms with van der Waals surface area (Å²) in [5, 5.41) is 7.72. The number of likely N-dealkylation sites (tertiary alicyclic amines) is 2. The first-order valence-corrected chi connectivity index (χ1v) is 13.6. The molecule has 0 spiro atoms. The summed E-state index contributed by atoms with van der Waals surface area (Å²) >= 11 is 0. The lowest BCUT2D eigenvalue weighted by Gasteiger charge is -2.31. The molecule has 6 rings (SSSR count). The first-order chi connectivity index (χ1) is 18.9. The highest BCUT2D eigenvalue weighted by Gasteiger charge is 2.37. The Hall–Kier alpha value is -3.85. The first kappa shape index (κ1) is 25.4. The Labute approximate surface area is 226 Å². The van der Waals surface area contributed by atoms with Crippen molar-refractivity contribution in [3.8, 4) is 22.6 Å². The van der Waals surface area contributed by atoms with Crippen molar-refractivity contribution in [1.82, 2.24) is 34.9 Å². The SMILES string of the molecule is C=C/C=C(\c1cc(-c2n[nH]c3ccc(-c4cncc(CN5CCC(F)(F)C5)c4)nc23)[nH]c1C)N1CCCCC1. The summed E-state index contributed by atoms with van der Waals surface area (Å²) in [4.78, 5) is 17.1. The summed E-state index contributed by atoms with van der Waals surface area (Å²) in [7, 11) is 0. The van der Waals surface area contributed by atoms with E-state index in [1.54, 1.807) is 17.3 Å². The standard InChI is InChI=1S/C30H33F2N7/c1-3-7-27(39-11-5-4-6-12-39)23-15-26(34-20(23)2)29-28-25(36-37-29)9-8-24(35-28)22-14-21(16-33-17-22)18-38-13-10-30(31,32)19-38/h3,7-9,14-17,34H,1,4-6,10-13,18-19H2,2H3,(H,36,37)/b27-7+. The molecule has 0 aliphatic carbocycles. The van der Waals surface area contributed by atoms with Gasteiger partial charge in [-0.1, -0.05) is 12.7 Å². The number of aromatic amines is 2. The maximum Gasteiger partial charge on any atom is 0.261 e. The molecule has 4 aromatic rings. The number of pyridine rings is 2. The summed E-state index contributed by atoms with van der Waals surface area (Å²) in [6, 6.07) is 8.04. The predicted molar refractivity (Wildman–Crippen MR) is 150 cm³/mol. The second-order valence-electron chi connectivity index (χ2n) is 10.6. The summed E-state index contributed by atoms with van der Waals surface area (Å²) < 4.78 is 27.3. The topological polar surface area (TPSA) is 76.7 Å². The Morgan fingerprint density at radius 2 is 1.97 bits per heavy atom. The Bertz CT molecular complexity index is 1530. The molecule has 4 aromatic heterocycles. The number of nitrogens with one attached hydrogen (secondary N) is 2. The number of aromatic nitrogens is 5. The fourth-order valence-corrected chi connectivity index (χ4v) is 5.73. The number of rotatable bonds is 7. The summed E-state index contributed by atoms with van der Waals surface area (Å²) in [6.07, 6.45) is 11.0. The fraction of sp³-hybridized carbons (Fsp3) is 0.367. The molecule has 0 aromatic carbocycles. The van der Waals surface area contributed by atoms with E-state index in [1.807, 2.05) is 24.3 Å². The molecule has 2 N–H and O–H groups in total. The highest BCUT2D eigenvalue weighted by Crippen LogP contribution is 2.33. The van der Waals surface area contributed by atoms with Gasteiger partial charge in [0.25, 0.3) is 5.92 Å². The van der Waals surface area contributed by atoms with Gasteiger partial charge in [-0.25, -0.2) is 13.8 Å². The van der Waals surface area contributed by atoms with Gasteiger partial charge in [-0.2, -0.15) is 5.10 Å². The van der Waals surface area contributed by atoms with Crippen molar-refractivity contribution >= 4 is 16.7 Å². The number of hydrogen-bond donors (Lipinski definition) is 2. The van der Waals surface area contributed by atoms with Gasteiger partial charge in [0.15, 0.2) is 0 Å². The van der Waals surface area contributed by atoms with E-state index in [4.69, 9.17) is 4.98 Å². The van der Waals surface area contributed by atoms with E-state index in [1.165, 1.54) is 25.0 Å². The molecule has 9 heteroatoms. The Morgan fingerprint density at radius 1 is 1.13 bits per heavy atom. The van der Waals surface area contributed by atoms with Crippen LogP contribution in [0.5, 0.6) is 0 Å². The zero-order chi connectivity index (χ0) is 27.0. The number of alkyl halides is 2. The molecule has 0 saturated carbocycles. The van der Waals surface area contributed by atoms with Gasteiger partial charge in [0.2, 0.25) is 0 Å². The average molecular weight is 530 g/mol. The smallest absolute Gasteiger partial charge is 0.261 e. The molecule has 2 fully saturated rings. The Kier molecular flexibility index (Phi) is 6.76. The average Bonchev–Trinajstić information content (AvgIpc) is 3.63. The third-order valence-corrected chi connectivity index (χ3v) is 7.67. The van der Waals surface area contributed by atoms with Crippen LogP contribution in [0.25, 0.3) is 39.4 Å². The largest absolute Gasteiger partial charge is 0.371 e. The molecule has 7 nitrogen and oxygen atoms in total. The fourth-order valence-electron chi connectivity index (χ4n) is 5.73. The molecule has 0 bridgehead atoms. The minimum Gasteiger partial charge on any atom is -0.371 e. The lowest BCUT2D eigenvalue weighted by molar-refractivity contribution is 0.0115. The van der Waals surface area contributed by atoms with Crippen LogP contribution in [-0.4, -0.2) is 67.1 Å². The number of nitrogens with zero attached hydrogens (tertiary/aromatic N) is 5. The van der Waals surface area contributed by atoms with Crippen molar-refractivity contribution in [3.63, 3.8) is 0 Å². The lowest BCUT2D eigenvalue weighted by atomic mass is 10.1. The normalized spacial score (nSPS) is 18.2. The second kappa shape index (κ2) is 10.4. The van der Waals surface area contributed by atoms with Crippen molar-refractivity contribution in [2.75, 3.05) is 26.2 Å². The molecule has 2 aliphatic rings. The number of allylic oxidation sites excluding steroid dienone is 2. The van der Waals surface area contributed by atoms with Crippen LogP contribution in [0, 0.1) is 6.92 Å². The molecule has 0 unspecified atom stereocenters. The number of fused-ring (bicyclic) bond motifs is 1. The molecule has 202 valence electrons. The number of piperidine rings is 1. The van der Waals surface area contributed by atoms with E-state index < -0.39 is 5.92 Å². The van der Waals surface area contributed by atoms with Gasteiger partial charge in [-0.3, -0.25) is 15.0 Å². The minimum atomic E-state index is -2.61. The van der Waals surface area contributed by atoms with Crippen LogP contribution < -0.4 is 0 Å². The van der Waals surface area contributed by atoms with Crippen LogP contribution in [0.15, 0.2) is 55.4 Å². The molecule has 0 atom stereocenters. The van der Waals surface area contributed by atoms with Gasteiger partial charge in [0, 0.05) is 67.5 Å². The van der Waals surface area contributed by atoms with Crippen molar-refractivity contribution in [2.45, 2.75) is 45.1 Å². The van der Waals surface area contributed by atoms with Crippen LogP contribution in [0.1, 0.15) is 42.5 Å². The summed E-state index contributed by atoms with van der Waals surface area (Å²) in [5.41, 5.74) is 9.13. The van der Waals surface area contributed by atoms with Crippen LogP contribution in [0.3, 0.4) is 0 Å². The van der Waals surface area contributed by atoms with Gasteiger partial charge >= 0.3 is 0 Å². The van der Waals surface area contributed by atoms with E-state index in [0.717, 1.165) is 63.6 Å². The molecule has 0 amide bonds. The molecule has 2 saturated heterocycles. The van der Waals surface area contributed by atoms with E-state index >= 15 is 0 Å². The highest BCUT2D eigenvalue weighted by atomic mass is 19.3. The Balaban J connectivity index is 1.31. The van der Waals surface area contributed by atoms with E-state index in [2.05, 4.69) is 50.7 Å². The van der Waals surface area contributed by atoms with Gasteiger partial charge in [0.05, 0.1) is 23.4 Å². The van der Waals surface area contributed by atoms with Crippen LogP contribution >= 0.6 is 0 Å². The van der Waals surface area contributed by atoms with Crippen LogP contribution in [-0.2, 0) is 6.54 Å². The van der Waals surface area contributed by atoms with Crippen LogP contribution in [0.2, 0.25) is 0 Å². The third-order valence-electron chi connectivity index (χ3n) is 7.67. The molecular formula is C30H33F2N7. The van der Waals surface area contributed by atoms with Gasteiger partial charge in [0.1, 0.15) is 11.2 Å². The molecule has 39 heavy (non-hydrogen) atoms. The predicted octanol–water partition coefficient (Wildman–Crippen LogP) is 6.18. The third kappa shape index (κ3) is 5.23. The zero-order valence-corrected chi connectivity index (χ0v) is 22.2. The summed E-state index contributed by atoms with van der Waals surface area (Å²) in [5.74, 6) is -2.61. The van der Waals surface area contributed by atoms with E-state index in [0.29, 0.717) is 13.1 Å². The molecular weight excluding hydrogens is 496 g/mol. The van der Waals surface area contributed by atoms with Crippen LogP contribution in [0.4, 0.5) is 8.78 Å². The molecule has 0 radical (unpaired) electrons. The number of hydrogen-bond acceptors (Lipinski definition) is 5. The lowest BCUT2D eigenvalue weighted by Crippen LogP contribution is -2.28. The van der Waals surface area contributed by atoms with Gasteiger partial charge in [-0.05, 0) is 62.1 Å². The van der Waals surface area contributed by atoms with Gasteiger partial charge < -0.3 is 9.88 Å². The van der Waals surface area contributed by atoms with Crippen molar-refractivity contribution in [2.24, 2.45) is 0 Å². The Morgan fingerprint density at radius 3 is 2.74 bits per heavy atom. The molecule has 2 aliphatic heterocycles. The maximum atomic E-state index is 13.7. The van der Waals surface area contributed by atoms with E-state index in [9.17, 15) is 8.78 Å². The monoisotopic (exact) mass is 529 g/mol. The summed E-state index contributed by atoms with van der Waals surface area (Å²) in [6.45, 7) is 8.74. The van der Waals surface area contributed by atoms with Crippen molar-refractivity contribution in [1.29, 1.82) is 0 Å². The van der Waals surface area contributed by atoms with Gasteiger partial charge in [-0.15, -0.1) is 0 Å². The number of H-pyrrole nitrogens is 2. The second-order valence-corrected chi connectivity index (χ2v) is 10.6. The number of aryl methyl sites for hydroxylation is 1. The van der Waals surface area contributed by atoms with E-state index in [-0.39, 0.29) is 13.0 Å². The van der Waals surface area contributed by atoms with Crippen molar-refractivity contribution in [3.05, 3.63) is 72.2 Å². The zero-order valence-electron chi connectivity index (χ0n) is 22.2. The molecule has 6 heterocycles. The minimum absolute atomic E-state index is 0.0928. The first-order valence-electron chi connectivity index (χ1n) is 13.6. The quantitative estimate of drug-likeness (QED) is 0.280. The number of halogens is 2. The van der Waals surface area contributed by atoms with Crippen molar-refractivity contribution < 1.29 is 8.78 Å². The highest BCUT2D eigenvalue weighted by molar-refractivity contribution is 5.91. The maximum absolute atomic E-state index is 13.7.